The van der Waals surface area contributed by atoms with E-state index in [0.29, 0.717) is 17.8 Å². The molecule has 0 aliphatic heterocycles. The van der Waals surface area contributed by atoms with Gasteiger partial charge in [0.15, 0.2) is 0 Å². The first-order chi connectivity index (χ1) is 8.49. The molecule has 0 spiro atoms. The molecule has 5 nitrogen and oxygen atoms in total. The van der Waals surface area contributed by atoms with Crippen LogP contribution in [0.5, 0.6) is 5.75 Å². The summed E-state index contributed by atoms with van der Waals surface area (Å²) in [5, 5.41) is 14.2. The first-order valence-electron chi connectivity index (χ1n) is 5.67. The second kappa shape index (κ2) is 4.70. The van der Waals surface area contributed by atoms with Crippen LogP contribution < -0.4 is 5.73 Å². The number of phenolic OH excluding ortho intramolecular Hbond substituents is 1. The number of aryl methyl sites for hydroxylation is 1. The van der Waals surface area contributed by atoms with Gasteiger partial charge in [0, 0.05) is 23.7 Å². The summed E-state index contributed by atoms with van der Waals surface area (Å²) in [5.74, 6) is 0.469. The Kier molecular flexibility index (Phi) is 3.25. The third-order valence-electron chi connectivity index (χ3n) is 2.80. The summed E-state index contributed by atoms with van der Waals surface area (Å²) in [6.07, 6.45) is 0. The summed E-state index contributed by atoms with van der Waals surface area (Å²) in [6, 6.07) is 5.38. The molecule has 0 aliphatic carbocycles. The lowest BCUT2D eigenvalue weighted by Crippen LogP contribution is -2.12. The molecule has 0 bridgehead atoms. The van der Waals surface area contributed by atoms with Crippen molar-refractivity contribution in [3.8, 4) is 17.0 Å². The second-order valence-electron chi connectivity index (χ2n) is 4.61. The molecular weight excluding hydrogens is 230 g/mol. The number of aromatic nitrogens is 1. The SMILES string of the molecule is Cc1ccc(-c2cc(N)on2)c(O)c1CN(C)C. The molecule has 0 aliphatic rings. The van der Waals surface area contributed by atoms with E-state index in [4.69, 9.17) is 10.3 Å². The van der Waals surface area contributed by atoms with Gasteiger partial charge in [-0.25, -0.2) is 0 Å². The number of anilines is 1. The van der Waals surface area contributed by atoms with Crippen molar-refractivity contribution in [2.24, 2.45) is 0 Å². The Morgan fingerprint density at radius 2 is 2.11 bits per heavy atom. The van der Waals surface area contributed by atoms with E-state index in [1.165, 1.54) is 0 Å². The Bertz CT molecular complexity index is 561. The molecule has 1 heterocycles. The van der Waals surface area contributed by atoms with Crippen molar-refractivity contribution >= 4 is 5.88 Å². The van der Waals surface area contributed by atoms with Gasteiger partial charge in [0.2, 0.25) is 5.88 Å². The highest BCUT2D eigenvalue weighted by Crippen LogP contribution is 2.34. The maximum Gasteiger partial charge on any atom is 0.222 e. The van der Waals surface area contributed by atoms with Gasteiger partial charge in [0.05, 0.1) is 0 Å². The Morgan fingerprint density at radius 1 is 1.39 bits per heavy atom. The van der Waals surface area contributed by atoms with Gasteiger partial charge in [-0.05, 0) is 32.6 Å². The number of benzene rings is 1. The molecular formula is C13H17N3O2. The lowest BCUT2D eigenvalue weighted by atomic mass is 10.0. The van der Waals surface area contributed by atoms with Crippen LogP contribution in [0.4, 0.5) is 5.88 Å². The number of rotatable bonds is 3. The Morgan fingerprint density at radius 3 is 2.67 bits per heavy atom. The van der Waals surface area contributed by atoms with Gasteiger partial charge in [-0.3, -0.25) is 0 Å². The van der Waals surface area contributed by atoms with Crippen molar-refractivity contribution in [2.75, 3.05) is 19.8 Å². The van der Waals surface area contributed by atoms with Crippen molar-refractivity contribution in [3.63, 3.8) is 0 Å². The van der Waals surface area contributed by atoms with Crippen LogP contribution in [0.15, 0.2) is 22.7 Å². The molecule has 0 fully saturated rings. The lowest BCUT2D eigenvalue weighted by molar-refractivity contribution is 0.385. The first-order valence-corrected chi connectivity index (χ1v) is 5.67. The van der Waals surface area contributed by atoms with Crippen molar-refractivity contribution in [1.29, 1.82) is 0 Å². The summed E-state index contributed by atoms with van der Waals surface area (Å²) in [5.41, 5.74) is 8.61. The number of nitrogens with two attached hydrogens (primary N) is 1. The first kappa shape index (κ1) is 12.4. The fourth-order valence-corrected chi connectivity index (χ4v) is 1.88. The minimum absolute atomic E-state index is 0.233. The Balaban J connectivity index is 2.50. The normalized spacial score (nSPS) is 11.1. The number of hydrogen-bond acceptors (Lipinski definition) is 5. The van der Waals surface area contributed by atoms with Gasteiger partial charge in [-0.1, -0.05) is 11.2 Å². The Hall–Kier alpha value is -2.01. The van der Waals surface area contributed by atoms with Crippen LogP contribution >= 0.6 is 0 Å². The van der Waals surface area contributed by atoms with Crippen molar-refractivity contribution < 1.29 is 9.63 Å². The molecule has 3 N–H and O–H groups in total. The van der Waals surface area contributed by atoms with Crippen LogP contribution in [0.2, 0.25) is 0 Å². The zero-order valence-electron chi connectivity index (χ0n) is 10.8. The summed E-state index contributed by atoms with van der Waals surface area (Å²) >= 11 is 0. The van der Waals surface area contributed by atoms with Crippen LogP contribution in [0.3, 0.4) is 0 Å². The highest BCUT2D eigenvalue weighted by atomic mass is 16.5. The number of nitrogens with zero attached hydrogens (tertiary/aromatic N) is 2. The van der Waals surface area contributed by atoms with E-state index >= 15 is 0 Å². The zero-order valence-corrected chi connectivity index (χ0v) is 10.8. The van der Waals surface area contributed by atoms with Gasteiger partial charge in [-0.15, -0.1) is 0 Å². The topological polar surface area (TPSA) is 75.5 Å². The standard InChI is InChI=1S/C13H17N3O2/c1-8-4-5-9(11-6-12(14)18-15-11)13(17)10(8)7-16(2)3/h4-6,17H,7,14H2,1-3H3. The lowest BCUT2D eigenvalue weighted by Gasteiger charge is -2.15. The van der Waals surface area contributed by atoms with E-state index in [1.54, 1.807) is 6.07 Å². The van der Waals surface area contributed by atoms with Crippen LogP contribution in [-0.4, -0.2) is 29.3 Å². The molecule has 0 saturated heterocycles. The van der Waals surface area contributed by atoms with E-state index < -0.39 is 0 Å². The summed E-state index contributed by atoms with van der Waals surface area (Å²) in [4.78, 5) is 2.00. The van der Waals surface area contributed by atoms with E-state index in [1.807, 2.05) is 38.1 Å². The van der Waals surface area contributed by atoms with Gasteiger partial charge in [0.1, 0.15) is 11.4 Å². The van der Waals surface area contributed by atoms with E-state index in [-0.39, 0.29) is 11.6 Å². The van der Waals surface area contributed by atoms with Crippen LogP contribution in [0.1, 0.15) is 11.1 Å². The number of aromatic hydroxyl groups is 1. The maximum atomic E-state index is 10.3. The molecule has 0 amide bonds. The van der Waals surface area contributed by atoms with Crippen LogP contribution in [0.25, 0.3) is 11.3 Å². The zero-order chi connectivity index (χ0) is 13.3. The molecule has 0 saturated carbocycles. The third kappa shape index (κ3) is 2.31. The van der Waals surface area contributed by atoms with E-state index in [0.717, 1.165) is 11.1 Å². The highest BCUT2D eigenvalue weighted by molar-refractivity contribution is 5.70. The Labute approximate surface area is 106 Å². The minimum atomic E-state index is 0.233. The molecule has 1 aromatic heterocycles. The number of phenols is 1. The van der Waals surface area contributed by atoms with E-state index in [9.17, 15) is 5.11 Å². The predicted molar refractivity (Wildman–Crippen MR) is 70.1 cm³/mol. The minimum Gasteiger partial charge on any atom is -0.507 e. The smallest absolute Gasteiger partial charge is 0.222 e. The van der Waals surface area contributed by atoms with Crippen LogP contribution in [-0.2, 0) is 6.54 Å². The molecule has 18 heavy (non-hydrogen) atoms. The van der Waals surface area contributed by atoms with Gasteiger partial charge < -0.3 is 20.3 Å². The summed E-state index contributed by atoms with van der Waals surface area (Å²) < 4.78 is 4.83. The second-order valence-corrected chi connectivity index (χ2v) is 4.61. The molecule has 0 unspecified atom stereocenters. The summed E-state index contributed by atoms with van der Waals surface area (Å²) in [7, 11) is 3.92. The quantitative estimate of drug-likeness (QED) is 0.867. The number of hydrogen-bond donors (Lipinski definition) is 2. The van der Waals surface area contributed by atoms with Crippen molar-refractivity contribution in [1.82, 2.24) is 10.1 Å². The molecule has 2 aromatic rings. The maximum absolute atomic E-state index is 10.3. The third-order valence-corrected chi connectivity index (χ3v) is 2.80. The van der Waals surface area contributed by atoms with Crippen LogP contribution in [0, 0.1) is 6.92 Å². The average Bonchev–Trinajstić information content (AvgIpc) is 2.70. The fraction of sp³-hybridized carbons (Fsp3) is 0.308. The highest BCUT2D eigenvalue weighted by Gasteiger charge is 2.15. The monoisotopic (exact) mass is 247 g/mol. The van der Waals surface area contributed by atoms with Gasteiger partial charge in [-0.2, -0.15) is 0 Å². The molecule has 0 radical (unpaired) electrons. The largest absolute Gasteiger partial charge is 0.507 e. The molecule has 1 aromatic carbocycles. The molecule has 96 valence electrons. The average molecular weight is 247 g/mol. The number of nitrogen functional groups attached to an aromatic ring is 1. The predicted octanol–water partition coefficient (Wildman–Crippen LogP) is 2.00. The van der Waals surface area contributed by atoms with Gasteiger partial charge in [0.25, 0.3) is 0 Å². The fourth-order valence-electron chi connectivity index (χ4n) is 1.88. The molecule has 2 rings (SSSR count). The molecule has 5 heteroatoms. The van der Waals surface area contributed by atoms with Crippen molar-refractivity contribution in [2.45, 2.75) is 13.5 Å². The van der Waals surface area contributed by atoms with Crippen molar-refractivity contribution in [3.05, 3.63) is 29.3 Å². The van der Waals surface area contributed by atoms with E-state index in [2.05, 4.69) is 5.16 Å². The summed E-state index contributed by atoms with van der Waals surface area (Å²) in [6.45, 7) is 2.64. The molecule has 0 atom stereocenters. The van der Waals surface area contributed by atoms with Gasteiger partial charge >= 0.3 is 0 Å².